The van der Waals surface area contributed by atoms with Gasteiger partial charge in [0.15, 0.2) is 50.3 Å². The lowest BCUT2D eigenvalue weighted by Crippen LogP contribution is -2.71. The Bertz CT molecular complexity index is 2890. The summed E-state index contributed by atoms with van der Waals surface area (Å²) in [7, 11) is -5.27. The molecule has 0 bridgehead atoms. The van der Waals surface area contributed by atoms with Crippen LogP contribution in [-0.2, 0) is 105 Å². The number of nitrogens with one attached hydrogen (secondary N) is 4. The number of aliphatic hydroxyl groups excluding tert-OH is 20. The van der Waals surface area contributed by atoms with Crippen LogP contribution >= 0.6 is 0 Å². The summed E-state index contributed by atoms with van der Waals surface area (Å²) in [6, 6.07) is -7.36. The van der Waals surface area contributed by atoms with Crippen molar-refractivity contribution >= 4 is 34.0 Å². The number of ether oxygens (including phenoxy) is 15. The highest BCUT2D eigenvalue weighted by Gasteiger charge is 2.60. The second-order valence-corrected chi connectivity index (χ2v) is 27.0. The number of carbonyl (C=O) groups is 4. The third-order valence-corrected chi connectivity index (χ3v) is 18.8. The number of rotatable bonds is 27. The SMILES string of the molecule is CC(=O)N[C@@H]1[C@@H](O)[C@H](O[C@@H]2O[C@H](CO)[C@@H](O[C@@H]3O[C@H](CO[C@H]4O[C@H](CO)[C@@H](O)[C@H](O)[C@@H]4O[C@@H]4O[C@H](COS(=O)(=O)O)[C@@H](O)[C@H](O)[C@H]4NC(C)=O)[C@@H](O)[C@H](O[C@H]4O[C@H](CO)[C@@H](O)[C@H](O)[C@@H]4O[C@@H]4O[C@H](CO)[C@@H](O)[C@H](O)[C@H]4NC(C)=O)[C@@H]3O)[C@H](O)[C@H]2NC(C)=O)[C@@H](CO[C@@H]2O[C@@H](C)[C@@H](O)[C@@H](O)[C@@H]2O)O[C@H]1O. The largest absolute Gasteiger partial charge is 0.397 e. The van der Waals surface area contributed by atoms with Crippen molar-refractivity contribution in [1.82, 2.24) is 21.3 Å². The predicted octanol–water partition coefficient (Wildman–Crippen LogP) is -17.0. The van der Waals surface area contributed by atoms with Gasteiger partial charge in [0.05, 0.1) is 52.4 Å². The van der Waals surface area contributed by atoms with Crippen LogP contribution in [0, 0.1) is 0 Å². The molecule has 4 amide bonds. The minimum Gasteiger partial charge on any atom is -0.394 e. The maximum atomic E-state index is 13.1. The first kappa shape index (κ1) is 86.0. The van der Waals surface area contributed by atoms with Crippen LogP contribution in [0.4, 0.5) is 0 Å². The fraction of sp³-hybridized carbons (Fsp3) is 0.929. The van der Waals surface area contributed by atoms with Gasteiger partial charge < -0.3 is 194 Å². The molecule has 8 saturated heterocycles. The molecule has 0 aliphatic carbocycles. The third kappa shape index (κ3) is 19.9. The van der Waals surface area contributed by atoms with Gasteiger partial charge in [0, 0.05) is 27.7 Å². The average Bonchev–Trinajstić information content (AvgIpc) is 0.777. The molecule has 8 aliphatic heterocycles. The first-order valence-corrected chi connectivity index (χ1v) is 34.0. The van der Waals surface area contributed by atoms with E-state index in [0.717, 1.165) is 27.7 Å². The Balaban J connectivity index is 1.14. The Morgan fingerprint density at radius 3 is 1.17 bits per heavy atom. The van der Waals surface area contributed by atoms with E-state index in [2.05, 4.69) is 25.5 Å². The van der Waals surface area contributed by atoms with E-state index < -0.39 is 326 Å². The molecule has 0 aromatic rings. The number of carbonyl (C=O) groups excluding carboxylic acids is 4. The second-order valence-electron chi connectivity index (χ2n) is 25.9. The number of aliphatic hydroxyl groups is 20. The average molecular weight is 1540 g/mol. The molecule has 8 fully saturated rings. The van der Waals surface area contributed by atoms with E-state index in [1.54, 1.807) is 0 Å². The van der Waals surface area contributed by atoms with Crippen molar-refractivity contribution in [1.29, 1.82) is 0 Å². The van der Waals surface area contributed by atoms with Crippen molar-refractivity contribution in [3.8, 4) is 0 Å². The van der Waals surface area contributed by atoms with Crippen molar-refractivity contribution in [2.75, 3.05) is 46.2 Å². The molecule has 47 nitrogen and oxygen atoms in total. The van der Waals surface area contributed by atoms with Crippen LogP contribution in [0.3, 0.4) is 0 Å². The fourth-order valence-corrected chi connectivity index (χ4v) is 13.3. The van der Waals surface area contributed by atoms with Crippen molar-refractivity contribution in [3.05, 3.63) is 0 Å². The quantitative estimate of drug-likeness (QED) is 0.0340. The van der Waals surface area contributed by atoms with E-state index in [9.17, 15) is 134 Å². The van der Waals surface area contributed by atoms with Crippen LogP contribution in [0.15, 0.2) is 0 Å². The number of amides is 4. The first-order valence-electron chi connectivity index (χ1n) is 32.6. The highest BCUT2D eigenvalue weighted by Crippen LogP contribution is 2.39. The van der Waals surface area contributed by atoms with Gasteiger partial charge in [-0.3, -0.25) is 23.7 Å². The van der Waals surface area contributed by atoms with Gasteiger partial charge in [-0.2, -0.15) is 8.42 Å². The first-order chi connectivity index (χ1) is 48.8. The summed E-state index contributed by atoms with van der Waals surface area (Å²) in [4.78, 5) is 50.4. The lowest BCUT2D eigenvalue weighted by Gasteiger charge is -2.51. The summed E-state index contributed by atoms with van der Waals surface area (Å²) in [5.74, 6) is -3.58. The summed E-state index contributed by atoms with van der Waals surface area (Å²) >= 11 is 0. The van der Waals surface area contributed by atoms with Gasteiger partial charge in [0.25, 0.3) is 0 Å². The second kappa shape index (κ2) is 36.9. The van der Waals surface area contributed by atoms with Crippen LogP contribution in [0.25, 0.3) is 0 Å². The van der Waals surface area contributed by atoms with Gasteiger partial charge in [-0.1, -0.05) is 0 Å². The van der Waals surface area contributed by atoms with Crippen LogP contribution in [0.2, 0.25) is 0 Å². The van der Waals surface area contributed by atoms with E-state index >= 15 is 0 Å². The molecular weight excluding hydrogens is 1450 g/mol. The molecule has 0 unspecified atom stereocenters. The molecule has 48 heteroatoms. The summed E-state index contributed by atoms with van der Waals surface area (Å²) < 4.78 is 125. The smallest absolute Gasteiger partial charge is 0.394 e. The van der Waals surface area contributed by atoms with Crippen LogP contribution in [-0.4, -0.2) is 430 Å². The van der Waals surface area contributed by atoms with Gasteiger partial charge in [0.2, 0.25) is 23.6 Å². The van der Waals surface area contributed by atoms with E-state index in [1.165, 1.54) is 6.92 Å². The molecule has 0 aromatic heterocycles. The Hall–Kier alpha value is -3.65. The molecular formula is C56H94N4O43S. The Kier molecular flexibility index (Phi) is 30.5. The van der Waals surface area contributed by atoms with Gasteiger partial charge in [-0.05, 0) is 6.92 Å². The molecule has 0 saturated carbocycles. The fourth-order valence-electron chi connectivity index (χ4n) is 12.9. The van der Waals surface area contributed by atoms with Crippen LogP contribution in [0.1, 0.15) is 34.6 Å². The molecule has 8 aliphatic rings. The summed E-state index contributed by atoms with van der Waals surface area (Å²) in [5, 5.41) is 233. The molecule has 104 heavy (non-hydrogen) atoms. The van der Waals surface area contributed by atoms with Crippen LogP contribution in [0.5, 0.6) is 0 Å². The van der Waals surface area contributed by atoms with Crippen molar-refractivity contribution in [2.45, 2.75) is 280 Å². The molecule has 0 spiro atoms. The minimum atomic E-state index is -5.27. The van der Waals surface area contributed by atoms with E-state index in [-0.39, 0.29) is 0 Å². The van der Waals surface area contributed by atoms with E-state index in [4.69, 9.17) is 71.1 Å². The standard InChI is InChI=1S/C56H94N4O43S/c1-13-29(69)39(79)42(82)53(91-13)88-11-24-45(37(77)25(49(84)92-24)57-14(2)65)99-52-28(60-17(5)68)38(78)44(21(9-64)96-52)100-54-43(83)46(101-56-48(41(81)32(72)20(8-63)95-56)103-50-26(58-15(3)66)35(75)30(70)18(6-61)93-50)34(74)22(98-54)10-89-55-47(40(80)31(71)19(7-62)94-55)102-51-27(59-16(4)67)36(76)33(73)23(97-51)12-90-104(85,86)87/h13,18-56,61-64,69-84H,6-12H2,1-5H3,(H,57,65)(H,58,66)(H,59,67)(H,60,68)(H,85,86,87)/t13-,18+,19+,20+,21+,22+,23+,24+,25+,26+,27+,28+,29+,30+,31+,32+,33+,34+,35+,36+,37+,38+,39+,40-,41-,42-,43-,44+,45+,46-,47-,48-,49+,50-,51-,52-,53+,54-,55-,56+/m0/s1. The highest BCUT2D eigenvalue weighted by atomic mass is 32.3. The lowest BCUT2D eigenvalue weighted by atomic mass is 9.93. The number of hydrogen-bond donors (Lipinski definition) is 25. The molecule has 8 heterocycles. The maximum absolute atomic E-state index is 13.1. The van der Waals surface area contributed by atoms with E-state index in [0.29, 0.717) is 0 Å². The highest BCUT2D eigenvalue weighted by molar-refractivity contribution is 7.80. The zero-order valence-corrected chi connectivity index (χ0v) is 56.6. The topological polar surface area (TPSA) is 723 Å². The third-order valence-electron chi connectivity index (χ3n) is 18.4. The van der Waals surface area contributed by atoms with Gasteiger partial charge >= 0.3 is 10.4 Å². The molecule has 40 atom stereocenters. The molecule has 25 N–H and O–H groups in total. The number of hydrogen-bond acceptors (Lipinski definition) is 42. The van der Waals surface area contributed by atoms with Gasteiger partial charge in [-0.25, -0.2) is 4.18 Å². The molecule has 0 aromatic carbocycles. The van der Waals surface area contributed by atoms with Crippen molar-refractivity contribution in [3.63, 3.8) is 0 Å². The van der Waals surface area contributed by atoms with Gasteiger partial charge in [0.1, 0.15) is 189 Å². The maximum Gasteiger partial charge on any atom is 0.397 e. The zero-order valence-electron chi connectivity index (χ0n) is 55.8. The zero-order chi connectivity index (χ0) is 77.0. The summed E-state index contributed by atoms with van der Waals surface area (Å²) in [6.45, 7) is -2.58. The molecule has 0 radical (unpaired) electrons. The van der Waals surface area contributed by atoms with Crippen molar-refractivity contribution < 1.29 is 210 Å². The summed E-state index contributed by atoms with van der Waals surface area (Å²) in [5.41, 5.74) is 0. The van der Waals surface area contributed by atoms with Crippen molar-refractivity contribution in [2.24, 2.45) is 0 Å². The summed E-state index contributed by atoms with van der Waals surface area (Å²) in [6.07, 6.45) is -74.1. The normalized spacial score (nSPS) is 47.4. The predicted molar refractivity (Wildman–Crippen MR) is 320 cm³/mol. The Morgan fingerprint density at radius 1 is 0.317 bits per heavy atom. The molecule has 8 rings (SSSR count). The Labute approximate surface area is 589 Å². The lowest BCUT2D eigenvalue weighted by molar-refractivity contribution is -0.396. The minimum absolute atomic E-state index is 0.826. The monoisotopic (exact) mass is 1540 g/mol. The van der Waals surface area contributed by atoms with E-state index in [1.807, 2.05) is 0 Å². The Morgan fingerprint density at radius 2 is 0.673 bits per heavy atom. The van der Waals surface area contributed by atoms with Gasteiger partial charge in [-0.15, -0.1) is 0 Å². The van der Waals surface area contributed by atoms with Crippen LogP contribution < -0.4 is 21.3 Å². The molecule has 602 valence electrons.